The van der Waals surface area contributed by atoms with Crippen LogP contribution in [0.1, 0.15) is 41.7 Å². The second-order valence-corrected chi connectivity index (χ2v) is 8.62. The molecular formula is C27H22ClN5O2. The maximum atomic E-state index is 12.7. The van der Waals surface area contributed by atoms with E-state index in [0.29, 0.717) is 22.9 Å². The Balaban J connectivity index is 1.47. The molecule has 3 aromatic heterocycles. The van der Waals surface area contributed by atoms with E-state index in [9.17, 15) is 9.59 Å². The summed E-state index contributed by atoms with van der Waals surface area (Å²) < 4.78 is 2.02. The second-order valence-electron chi connectivity index (χ2n) is 8.22. The Hall–Kier alpha value is -4.15. The summed E-state index contributed by atoms with van der Waals surface area (Å²) >= 11 is 6.10. The first-order valence-corrected chi connectivity index (χ1v) is 11.6. The van der Waals surface area contributed by atoms with E-state index in [1.165, 1.54) is 0 Å². The predicted octanol–water partition coefficient (Wildman–Crippen LogP) is 4.99. The van der Waals surface area contributed by atoms with Gasteiger partial charge in [0.1, 0.15) is 0 Å². The van der Waals surface area contributed by atoms with Gasteiger partial charge < -0.3 is 14.6 Å². The van der Waals surface area contributed by atoms with Crippen LogP contribution >= 0.6 is 11.6 Å². The summed E-state index contributed by atoms with van der Waals surface area (Å²) in [5, 5.41) is 3.11. The molecule has 4 heterocycles. The summed E-state index contributed by atoms with van der Waals surface area (Å²) in [6.45, 7) is 2.37. The maximum Gasteiger partial charge on any atom is 0.298 e. The van der Waals surface area contributed by atoms with Gasteiger partial charge in [-0.2, -0.15) is 0 Å². The third-order valence-electron chi connectivity index (χ3n) is 6.15. The molecule has 7 nitrogen and oxygen atoms in total. The number of rotatable bonds is 4. The summed E-state index contributed by atoms with van der Waals surface area (Å²) in [7, 11) is 0. The molecule has 1 N–H and O–H groups in total. The molecule has 1 aliphatic rings. The van der Waals surface area contributed by atoms with Crippen molar-refractivity contribution in [3.8, 4) is 23.1 Å². The molecule has 1 aliphatic heterocycles. The summed E-state index contributed by atoms with van der Waals surface area (Å²) in [4.78, 5) is 35.5. The summed E-state index contributed by atoms with van der Waals surface area (Å²) in [5.41, 5.74) is 4.41. The van der Waals surface area contributed by atoms with Gasteiger partial charge in [-0.15, -0.1) is 0 Å². The number of carbonyl (C=O) groups is 2. The molecular weight excluding hydrogens is 462 g/mol. The molecule has 0 spiro atoms. The van der Waals surface area contributed by atoms with Gasteiger partial charge in [-0.25, -0.2) is 9.97 Å². The number of hydrogen-bond acceptors (Lipinski definition) is 4. The highest BCUT2D eigenvalue weighted by atomic mass is 35.5. The van der Waals surface area contributed by atoms with Crippen molar-refractivity contribution in [3.05, 3.63) is 83.4 Å². The number of nitrogens with one attached hydrogen (secondary N) is 1. The van der Waals surface area contributed by atoms with E-state index in [4.69, 9.17) is 11.6 Å². The molecule has 1 aromatic carbocycles. The lowest BCUT2D eigenvalue weighted by Gasteiger charge is -2.22. The van der Waals surface area contributed by atoms with Crippen molar-refractivity contribution in [1.82, 2.24) is 19.3 Å². The molecule has 1 saturated heterocycles. The Labute approximate surface area is 207 Å². The molecule has 0 bridgehead atoms. The maximum absolute atomic E-state index is 12.7. The van der Waals surface area contributed by atoms with Crippen LogP contribution in [0, 0.1) is 11.8 Å². The molecule has 4 aromatic rings. The summed E-state index contributed by atoms with van der Waals surface area (Å²) in [5.74, 6) is 5.28. The minimum atomic E-state index is -0.295. The lowest BCUT2D eigenvalue weighted by atomic mass is 10.0. The molecule has 8 heteroatoms. The second kappa shape index (κ2) is 9.61. The number of pyridine rings is 1. The first kappa shape index (κ1) is 22.6. The van der Waals surface area contributed by atoms with E-state index in [1.807, 2.05) is 27.5 Å². The van der Waals surface area contributed by atoms with Gasteiger partial charge in [-0.05, 0) is 67.6 Å². The first-order valence-electron chi connectivity index (χ1n) is 11.3. The minimum absolute atomic E-state index is 0.0392. The molecule has 174 valence electrons. The number of halogens is 1. The van der Waals surface area contributed by atoms with Gasteiger partial charge >= 0.3 is 0 Å². The lowest BCUT2D eigenvalue weighted by Crippen LogP contribution is -2.29. The zero-order valence-electron chi connectivity index (χ0n) is 19.0. The number of benzene rings is 1. The van der Waals surface area contributed by atoms with Gasteiger partial charge in [0.2, 0.25) is 0 Å². The number of nitrogens with zero attached hydrogens (tertiary/aromatic N) is 4. The van der Waals surface area contributed by atoms with E-state index >= 15 is 0 Å². The molecule has 1 fully saturated rings. The van der Waals surface area contributed by atoms with Crippen LogP contribution in [0.4, 0.5) is 5.82 Å². The van der Waals surface area contributed by atoms with Gasteiger partial charge in [0.25, 0.3) is 11.8 Å². The van der Waals surface area contributed by atoms with E-state index in [2.05, 4.69) is 33.2 Å². The normalized spacial score (nSPS) is 15.0. The van der Waals surface area contributed by atoms with Gasteiger partial charge in [-0.1, -0.05) is 29.7 Å². The molecule has 1 atom stereocenters. The first-order chi connectivity index (χ1) is 17.1. The standard InChI is InChI=1S/C27H22ClN5O2/c1-2-5-25(34)32-15-4-7-22(32)20-16-24(33-17-29-14-12-23(20)33)18-8-10-19(11-9-18)27(35)31-26-21(28)6-3-13-30-26/h3,6,8-14,16-17,22H,4,7,15H2,1H3,(H,30,31,35). The Kier molecular flexibility index (Phi) is 6.21. The molecule has 35 heavy (non-hydrogen) atoms. The summed E-state index contributed by atoms with van der Waals surface area (Å²) in [6, 6.07) is 14.7. The van der Waals surface area contributed by atoms with Gasteiger partial charge in [-0.3, -0.25) is 9.59 Å². The van der Waals surface area contributed by atoms with Crippen molar-refractivity contribution in [1.29, 1.82) is 0 Å². The van der Waals surface area contributed by atoms with E-state index in [0.717, 1.165) is 35.2 Å². The van der Waals surface area contributed by atoms with Crippen molar-refractivity contribution in [2.75, 3.05) is 11.9 Å². The van der Waals surface area contributed by atoms with E-state index < -0.39 is 0 Å². The molecule has 0 radical (unpaired) electrons. The van der Waals surface area contributed by atoms with Gasteiger partial charge in [0.15, 0.2) is 5.82 Å². The topological polar surface area (TPSA) is 79.6 Å². The zero-order valence-corrected chi connectivity index (χ0v) is 19.8. The van der Waals surface area contributed by atoms with Crippen molar-refractivity contribution in [3.63, 3.8) is 0 Å². The zero-order chi connectivity index (χ0) is 24.4. The Morgan fingerprint density at radius 2 is 1.97 bits per heavy atom. The number of anilines is 1. The monoisotopic (exact) mass is 483 g/mol. The largest absolute Gasteiger partial charge is 0.325 e. The number of carbonyl (C=O) groups excluding carboxylic acids is 2. The highest BCUT2D eigenvalue weighted by molar-refractivity contribution is 6.33. The van der Waals surface area contributed by atoms with Crippen LogP contribution in [0.3, 0.4) is 0 Å². The van der Waals surface area contributed by atoms with Crippen LogP contribution in [-0.4, -0.2) is 37.6 Å². The quantitative estimate of drug-likeness (QED) is 0.415. The van der Waals surface area contributed by atoms with Crippen molar-refractivity contribution in [2.24, 2.45) is 0 Å². The van der Waals surface area contributed by atoms with E-state index in [-0.39, 0.29) is 17.9 Å². The highest BCUT2D eigenvalue weighted by Crippen LogP contribution is 2.38. The van der Waals surface area contributed by atoms with Crippen LogP contribution in [0.2, 0.25) is 5.02 Å². The summed E-state index contributed by atoms with van der Waals surface area (Å²) in [6.07, 6.45) is 6.91. The van der Waals surface area contributed by atoms with Crippen molar-refractivity contribution in [2.45, 2.75) is 25.8 Å². The Morgan fingerprint density at radius 1 is 1.14 bits per heavy atom. The van der Waals surface area contributed by atoms with Crippen LogP contribution < -0.4 is 5.32 Å². The van der Waals surface area contributed by atoms with Crippen LogP contribution in [0.5, 0.6) is 0 Å². The lowest BCUT2D eigenvalue weighted by molar-refractivity contribution is -0.125. The number of aromatic nitrogens is 3. The van der Waals surface area contributed by atoms with Crippen molar-refractivity contribution < 1.29 is 9.59 Å². The number of hydrogen-bond donors (Lipinski definition) is 1. The minimum Gasteiger partial charge on any atom is -0.325 e. The van der Waals surface area contributed by atoms with Crippen LogP contribution in [0.25, 0.3) is 16.8 Å². The van der Waals surface area contributed by atoms with Gasteiger partial charge in [0, 0.05) is 30.1 Å². The van der Waals surface area contributed by atoms with Crippen LogP contribution in [-0.2, 0) is 4.79 Å². The Morgan fingerprint density at radius 3 is 2.74 bits per heavy atom. The Bertz CT molecular complexity index is 1480. The van der Waals surface area contributed by atoms with Crippen molar-refractivity contribution >= 4 is 34.7 Å². The number of likely N-dealkylation sites (tertiary alicyclic amines) is 1. The average molecular weight is 484 g/mol. The molecule has 0 saturated carbocycles. The molecule has 2 amide bonds. The smallest absolute Gasteiger partial charge is 0.298 e. The molecule has 5 rings (SSSR count). The van der Waals surface area contributed by atoms with Crippen LogP contribution in [0.15, 0.2) is 67.3 Å². The third kappa shape index (κ3) is 4.36. The van der Waals surface area contributed by atoms with Gasteiger partial charge in [0.05, 0.1) is 28.6 Å². The SMILES string of the molecule is CC#CC(=O)N1CCCC1c1cc(-c2ccc(C(=O)Nc3ncccc3Cl)cc2)n2cnccc12. The fourth-order valence-corrected chi connectivity index (χ4v) is 4.70. The molecule has 1 unspecified atom stereocenters. The van der Waals surface area contributed by atoms with E-state index in [1.54, 1.807) is 49.9 Å². The average Bonchev–Trinajstić information content (AvgIpc) is 3.51. The fourth-order valence-electron chi connectivity index (χ4n) is 4.53. The molecule has 0 aliphatic carbocycles. The number of amides is 2. The number of fused-ring (bicyclic) bond motifs is 1. The predicted molar refractivity (Wildman–Crippen MR) is 135 cm³/mol. The highest BCUT2D eigenvalue weighted by Gasteiger charge is 2.31. The fraction of sp³-hybridized carbons (Fsp3) is 0.185. The third-order valence-corrected chi connectivity index (χ3v) is 6.45.